The van der Waals surface area contributed by atoms with Gasteiger partial charge in [-0.1, -0.05) is 36.4 Å². The van der Waals surface area contributed by atoms with E-state index in [1.165, 1.54) is 24.5 Å². The molecule has 178 valence electrons. The number of rotatable bonds is 7. The summed E-state index contributed by atoms with van der Waals surface area (Å²) in [7, 11) is 0. The first-order valence-corrected chi connectivity index (χ1v) is 11.1. The summed E-state index contributed by atoms with van der Waals surface area (Å²) in [5, 5.41) is 2.74. The number of ether oxygens (including phenoxy) is 1. The first-order valence-electron chi connectivity index (χ1n) is 11.1. The van der Waals surface area contributed by atoms with E-state index in [4.69, 9.17) is 4.74 Å². The van der Waals surface area contributed by atoms with Crippen LogP contribution >= 0.6 is 0 Å². The maximum Gasteiger partial charge on any atom is 0.257 e. The van der Waals surface area contributed by atoms with Crippen molar-refractivity contribution in [3.8, 4) is 5.75 Å². The van der Waals surface area contributed by atoms with E-state index in [1.807, 2.05) is 30.3 Å². The van der Waals surface area contributed by atoms with Crippen molar-refractivity contribution in [2.24, 2.45) is 0 Å². The van der Waals surface area contributed by atoms with Crippen LogP contribution in [0.1, 0.15) is 30.4 Å². The van der Waals surface area contributed by atoms with Crippen molar-refractivity contribution in [1.29, 1.82) is 0 Å². The number of benzene rings is 1. The lowest BCUT2D eigenvalue weighted by atomic mass is 9.87. The molecule has 1 aromatic carbocycles. The van der Waals surface area contributed by atoms with Gasteiger partial charge in [0.05, 0.1) is 18.2 Å². The van der Waals surface area contributed by atoms with Crippen LogP contribution in [0.15, 0.2) is 71.8 Å². The Morgan fingerprint density at radius 3 is 2.71 bits per heavy atom. The number of halogens is 2. The lowest BCUT2D eigenvalue weighted by molar-refractivity contribution is -0.125. The van der Waals surface area contributed by atoms with E-state index in [-0.39, 0.29) is 31.0 Å². The highest BCUT2D eigenvalue weighted by atomic mass is 19.3. The first kappa shape index (κ1) is 23.6. The number of carbonyl (C=O) groups is 1. The summed E-state index contributed by atoms with van der Waals surface area (Å²) in [6.45, 7) is 2.16. The average Bonchev–Trinajstić information content (AvgIpc) is 2.84. The van der Waals surface area contributed by atoms with Gasteiger partial charge in [0, 0.05) is 31.8 Å². The number of nitrogens with zero attached hydrogens (tertiary/aromatic N) is 2. The van der Waals surface area contributed by atoms with Gasteiger partial charge < -0.3 is 15.0 Å². The number of pyridine rings is 2. The fraction of sp³-hybridized carbons (Fsp3) is 0.320. The molecule has 9 heteroatoms. The molecular weight excluding hydrogens is 442 g/mol. The molecular formula is C25H26F2N4O3. The maximum atomic E-state index is 14.6. The Bertz CT molecular complexity index is 1150. The van der Waals surface area contributed by atoms with Gasteiger partial charge in [-0.3, -0.25) is 14.5 Å². The number of likely N-dealkylation sites (tertiary alicyclic amines) is 1. The second-order valence-corrected chi connectivity index (χ2v) is 8.36. The molecule has 0 radical (unpaired) electrons. The van der Waals surface area contributed by atoms with Crippen molar-refractivity contribution in [3.05, 3.63) is 88.5 Å². The summed E-state index contributed by atoms with van der Waals surface area (Å²) in [5.41, 5.74) is 1.02. The van der Waals surface area contributed by atoms with E-state index in [1.54, 1.807) is 24.0 Å². The minimum absolute atomic E-state index is 0.00662. The number of hydrogen-bond donors (Lipinski definition) is 2. The minimum Gasteiger partial charge on any atom is -0.487 e. The summed E-state index contributed by atoms with van der Waals surface area (Å²) in [5.74, 6) is -3.47. The number of piperidine rings is 1. The molecule has 2 aromatic heterocycles. The number of anilines is 1. The normalized spacial score (nSPS) is 18.7. The van der Waals surface area contributed by atoms with Crippen LogP contribution in [0.2, 0.25) is 0 Å². The van der Waals surface area contributed by atoms with Crippen LogP contribution in [0.3, 0.4) is 0 Å². The zero-order valence-corrected chi connectivity index (χ0v) is 18.7. The van der Waals surface area contributed by atoms with E-state index in [2.05, 4.69) is 15.3 Å². The monoisotopic (exact) mass is 468 g/mol. The van der Waals surface area contributed by atoms with E-state index in [9.17, 15) is 18.4 Å². The van der Waals surface area contributed by atoms with Gasteiger partial charge in [-0.05, 0) is 30.2 Å². The maximum absolute atomic E-state index is 14.6. The molecule has 4 rings (SSSR count). The van der Waals surface area contributed by atoms with Crippen molar-refractivity contribution in [3.63, 3.8) is 0 Å². The third-order valence-corrected chi connectivity index (χ3v) is 6.03. The molecule has 7 nitrogen and oxygen atoms in total. The molecule has 2 N–H and O–H groups in total. The van der Waals surface area contributed by atoms with Crippen molar-refractivity contribution >= 4 is 11.7 Å². The van der Waals surface area contributed by atoms with Crippen LogP contribution < -0.4 is 15.6 Å². The van der Waals surface area contributed by atoms with E-state index < -0.39 is 17.9 Å². The summed E-state index contributed by atoms with van der Waals surface area (Å²) in [6.07, 6.45) is 2.47. The molecule has 3 heterocycles. The summed E-state index contributed by atoms with van der Waals surface area (Å²) in [4.78, 5) is 32.5. The number of hydrogen-bond acceptors (Lipinski definition) is 5. The van der Waals surface area contributed by atoms with Gasteiger partial charge in [-0.25, -0.2) is 13.8 Å². The Kier molecular flexibility index (Phi) is 7.02. The summed E-state index contributed by atoms with van der Waals surface area (Å²) in [6, 6.07) is 15.1. The van der Waals surface area contributed by atoms with Crippen LogP contribution in [-0.2, 0) is 11.4 Å². The van der Waals surface area contributed by atoms with Gasteiger partial charge in [0.15, 0.2) is 0 Å². The lowest BCUT2D eigenvalue weighted by Gasteiger charge is -2.40. The predicted molar refractivity (Wildman–Crippen MR) is 124 cm³/mol. The quantitative estimate of drug-likeness (QED) is 0.551. The van der Waals surface area contributed by atoms with E-state index in [0.717, 1.165) is 5.56 Å². The van der Waals surface area contributed by atoms with E-state index in [0.29, 0.717) is 23.7 Å². The van der Waals surface area contributed by atoms with Gasteiger partial charge in [0.1, 0.15) is 18.2 Å². The Balaban J connectivity index is 1.35. The Morgan fingerprint density at radius 2 is 2.03 bits per heavy atom. The van der Waals surface area contributed by atoms with Gasteiger partial charge in [-0.15, -0.1) is 0 Å². The van der Waals surface area contributed by atoms with Crippen LogP contribution in [0, 0.1) is 0 Å². The highest BCUT2D eigenvalue weighted by molar-refractivity contribution is 5.93. The molecule has 1 aliphatic rings. The SMILES string of the molecule is CC(C(=O)Nc1ccc(OCc2ccccc2)cn1)N1CCC(F)(F)C(c2ccc(=O)[nH]c2)C1. The molecule has 1 saturated heterocycles. The third kappa shape index (κ3) is 5.66. The smallest absolute Gasteiger partial charge is 0.257 e. The molecule has 0 spiro atoms. The van der Waals surface area contributed by atoms with Gasteiger partial charge >= 0.3 is 0 Å². The molecule has 0 aliphatic carbocycles. The third-order valence-electron chi connectivity index (χ3n) is 6.03. The summed E-state index contributed by atoms with van der Waals surface area (Å²) < 4.78 is 34.9. The largest absolute Gasteiger partial charge is 0.487 e. The molecule has 34 heavy (non-hydrogen) atoms. The zero-order chi connectivity index (χ0) is 24.1. The average molecular weight is 469 g/mol. The molecule has 2 unspecified atom stereocenters. The Morgan fingerprint density at radius 1 is 1.24 bits per heavy atom. The fourth-order valence-electron chi connectivity index (χ4n) is 3.94. The molecule has 1 fully saturated rings. The lowest BCUT2D eigenvalue weighted by Crippen LogP contribution is -2.52. The molecule has 0 bridgehead atoms. The zero-order valence-electron chi connectivity index (χ0n) is 18.7. The van der Waals surface area contributed by atoms with Gasteiger partial charge in [0.25, 0.3) is 5.92 Å². The molecule has 0 saturated carbocycles. The van der Waals surface area contributed by atoms with Crippen molar-refractivity contribution in [1.82, 2.24) is 14.9 Å². The second-order valence-electron chi connectivity index (χ2n) is 8.36. The van der Waals surface area contributed by atoms with E-state index >= 15 is 0 Å². The van der Waals surface area contributed by atoms with Gasteiger partial charge in [-0.2, -0.15) is 0 Å². The Hall–Kier alpha value is -3.59. The number of nitrogens with one attached hydrogen (secondary N) is 2. The number of carbonyl (C=O) groups excluding carboxylic acids is 1. The number of H-pyrrole nitrogens is 1. The highest BCUT2D eigenvalue weighted by Gasteiger charge is 2.46. The highest BCUT2D eigenvalue weighted by Crippen LogP contribution is 2.40. The second kappa shape index (κ2) is 10.1. The van der Waals surface area contributed by atoms with Crippen LogP contribution in [0.25, 0.3) is 0 Å². The molecule has 1 aliphatic heterocycles. The number of aromatic nitrogens is 2. The Labute approximate surface area is 195 Å². The predicted octanol–water partition coefficient (Wildman–Crippen LogP) is 3.80. The molecule has 1 amide bonds. The van der Waals surface area contributed by atoms with Gasteiger partial charge in [0.2, 0.25) is 11.5 Å². The first-order chi connectivity index (χ1) is 16.3. The topological polar surface area (TPSA) is 87.3 Å². The van der Waals surface area contributed by atoms with Crippen LogP contribution in [-0.4, -0.2) is 45.8 Å². The van der Waals surface area contributed by atoms with Crippen LogP contribution in [0.5, 0.6) is 5.75 Å². The molecule has 3 aromatic rings. The van der Waals surface area contributed by atoms with Crippen molar-refractivity contribution < 1.29 is 18.3 Å². The summed E-state index contributed by atoms with van der Waals surface area (Å²) >= 11 is 0. The number of aromatic amines is 1. The van der Waals surface area contributed by atoms with Crippen LogP contribution in [0.4, 0.5) is 14.6 Å². The van der Waals surface area contributed by atoms with Crippen molar-refractivity contribution in [2.45, 2.75) is 37.8 Å². The fourth-order valence-corrected chi connectivity index (χ4v) is 3.94. The number of alkyl halides is 2. The molecule has 2 atom stereocenters. The number of amides is 1. The standard InChI is InChI=1S/C25H26F2N4O3/c1-17(31-12-11-25(26,27)21(15-31)19-7-10-23(32)29-13-19)24(33)30-22-9-8-20(14-28-22)34-16-18-5-3-2-4-6-18/h2-10,13-14,17,21H,11-12,15-16H2,1H3,(H,29,32)(H,28,30,33). The van der Waals surface area contributed by atoms with Crippen molar-refractivity contribution in [2.75, 3.05) is 18.4 Å². The minimum atomic E-state index is -2.93.